The number of halogens is 1. The average Bonchev–Trinajstić information content (AvgIpc) is 2.42. The maximum Gasteiger partial charge on any atom is 0.146 e. The molecule has 0 radical (unpaired) electrons. The van der Waals surface area contributed by atoms with Crippen molar-refractivity contribution in [2.75, 3.05) is 31.2 Å². The first kappa shape index (κ1) is 15.0. The van der Waals surface area contributed by atoms with E-state index < -0.39 is 0 Å². The fourth-order valence-corrected chi connectivity index (χ4v) is 1.94. The van der Waals surface area contributed by atoms with Gasteiger partial charge in [-0.2, -0.15) is 0 Å². The third kappa shape index (κ3) is 3.70. The Bertz CT molecular complexity index is 360. The number of hydrogen-bond acceptors (Lipinski definition) is 2. The predicted octanol–water partition coefficient (Wildman–Crippen LogP) is 3.81. The van der Waals surface area contributed by atoms with E-state index in [4.69, 9.17) is 4.74 Å². The molecule has 0 amide bonds. The Balaban J connectivity index is 0.000000771. The molecule has 1 aliphatic rings. The lowest BCUT2D eigenvalue weighted by Gasteiger charge is -2.29. The molecule has 0 saturated carbocycles. The summed E-state index contributed by atoms with van der Waals surface area (Å²) in [6.07, 6.45) is 0. The van der Waals surface area contributed by atoms with Gasteiger partial charge in [0.2, 0.25) is 0 Å². The van der Waals surface area contributed by atoms with Crippen molar-refractivity contribution in [3.05, 3.63) is 29.6 Å². The molecule has 1 heterocycles. The first-order valence-electron chi connectivity index (χ1n) is 6.80. The fourth-order valence-electron chi connectivity index (χ4n) is 1.94. The van der Waals surface area contributed by atoms with Crippen LogP contribution in [0.3, 0.4) is 0 Å². The number of ether oxygens (including phenoxy) is 1. The lowest BCUT2D eigenvalue weighted by Crippen LogP contribution is -2.36. The zero-order chi connectivity index (χ0) is 13.5. The number of anilines is 1. The predicted molar refractivity (Wildman–Crippen MR) is 74.9 cm³/mol. The molecule has 3 heteroatoms. The Morgan fingerprint density at radius 1 is 1.17 bits per heavy atom. The molecule has 2 rings (SSSR count). The summed E-state index contributed by atoms with van der Waals surface area (Å²) in [5.74, 6) is 0.251. The number of morpholine rings is 1. The highest BCUT2D eigenvalue weighted by molar-refractivity contribution is 5.49. The molecule has 2 nitrogen and oxygen atoms in total. The van der Waals surface area contributed by atoms with Gasteiger partial charge in [-0.05, 0) is 23.6 Å². The maximum atomic E-state index is 13.9. The number of rotatable bonds is 2. The summed E-state index contributed by atoms with van der Waals surface area (Å²) in [6, 6.07) is 5.55. The van der Waals surface area contributed by atoms with Gasteiger partial charge in [-0.25, -0.2) is 4.39 Å². The second-order valence-corrected chi connectivity index (χ2v) is 4.46. The molecular formula is C15H24FNO. The molecule has 102 valence electrons. The summed E-state index contributed by atoms with van der Waals surface area (Å²) in [7, 11) is 0. The molecule has 0 spiro atoms. The van der Waals surface area contributed by atoms with E-state index in [1.165, 1.54) is 0 Å². The Labute approximate surface area is 110 Å². The number of benzene rings is 1. The van der Waals surface area contributed by atoms with E-state index in [-0.39, 0.29) is 5.82 Å². The normalized spacial score (nSPS) is 15.3. The van der Waals surface area contributed by atoms with Crippen LogP contribution in [0.25, 0.3) is 0 Å². The molecule has 0 unspecified atom stereocenters. The van der Waals surface area contributed by atoms with E-state index in [0.29, 0.717) is 24.8 Å². The van der Waals surface area contributed by atoms with Crippen molar-refractivity contribution in [3.63, 3.8) is 0 Å². The minimum atomic E-state index is -0.117. The third-order valence-electron chi connectivity index (χ3n) is 2.99. The van der Waals surface area contributed by atoms with E-state index in [9.17, 15) is 4.39 Å². The SMILES string of the molecule is CC.CC(C)c1ccc(N2CCOCC2)c(F)c1. The lowest BCUT2D eigenvalue weighted by atomic mass is 10.0. The highest BCUT2D eigenvalue weighted by Crippen LogP contribution is 2.24. The van der Waals surface area contributed by atoms with Crippen molar-refractivity contribution in [1.29, 1.82) is 0 Å². The lowest BCUT2D eigenvalue weighted by molar-refractivity contribution is 0.122. The molecule has 1 aromatic rings. The maximum absolute atomic E-state index is 13.9. The van der Waals surface area contributed by atoms with E-state index >= 15 is 0 Å². The van der Waals surface area contributed by atoms with Crippen LogP contribution in [0.2, 0.25) is 0 Å². The largest absolute Gasteiger partial charge is 0.378 e. The van der Waals surface area contributed by atoms with Crippen LogP contribution in [0.15, 0.2) is 18.2 Å². The summed E-state index contributed by atoms with van der Waals surface area (Å²) in [5.41, 5.74) is 1.75. The highest BCUT2D eigenvalue weighted by Gasteiger charge is 2.15. The van der Waals surface area contributed by atoms with Gasteiger partial charge in [0.05, 0.1) is 18.9 Å². The smallest absolute Gasteiger partial charge is 0.146 e. The van der Waals surface area contributed by atoms with Gasteiger partial charge in [0.15, 0.2) is 0 Å². The van der Waals surface area contributed by atoms with Crippen LogP contribution in [0, 0.1) is 5.82 Å². The molecule has 1 aromatic carbocycles. The van der Waals surface area contributed by atoms with E-state index in [1.807, 2.05) is 30.9 Å². The summed E-state index contributed by atoms with van der Waals surface area (Å²) in [5, 5.41) is 0. The summed E-state index contributed by atoms with van der Waals surface area (Å²) < 4.78 is 19.2. The molecule has 18 heavy (non-hydrogen) atoms. The van der Waals surface area contributed by atoms with Crippen LogP contribution < -0.4 is 4.90 Å². The Hall–Kier alpha value is -1.09. The summed E-state index contributed by atoms with van der Waals surface area (Å²) in [6.45, 7) is 11.1. The number of hydrogen-bond donors (Lipinski definition) is 0. The molecule has 0 N–H and O–H groups in total. The average molecular weight is 253 g/mol. The topological polar surface area (TPSA) is 12.5 Å². The Kier molecular flexibility index (Phi) is 6.13. The second-order valence-electron chi connectivity index (χ2n) is 4.46. The van der Waals surface area contributed by atoms with Crippen molar-refractivity contribution in [2.24, 2.45) is 0 Å². The molecule has 1 saturated heterocycles. The first-order valence-corrected chi connectivity index (χ1v) is 6.80. The van der Waals surface area contributed by atoms with Gasteiger partial charge in [0, 0.05) is 13.1 Å². The zero-order valence-electron chi connectivity index (χ0n) is 11.9. The minimum Gasteiger partial charge on any atom is -0.378 e. The fraction of sp³-hybridized carbons (Fsp3) is 0.600. The van der Waals surface area contributed by atoms with Crippen molar-refractivity contribution in [2.45, 2.75) is 33.6 Å². The summed E-state index contributed by atoms with van der Waals surface area (Å²) >= 11 is 0. The standard InChI is InChI=1S/C13H18FNO.C2H6/c1-10(2)11-3-4-13(12(14)9-11)15-5-7-16-8-6-15;1-2/h3-4,9-10H,5-8H2,1-2H3;1-2H3. The van der Waals surface area contributed by atoms with Gasteiger partial charge in [0.1, 0.15) is 5.82 Å². The Morgan fingerprint density at radius 3 is 2.28 bits per heavy atom. The Morgan fingerprint density at radius 2 is 1.78 bits per heavy atom. The highest BCUT2D eigenvalue weighted by atomic mass is 19.1. The van der Waals surface area contributed by atoms with Crippen LogP contribution in [-0.2, 0) is 4.74 Å². The van der Waals surface area contributed by atoms with Gasteiger partial charge < -0.3 is 9.64 Å². The van der Waals surface area contributed by atoms with Gasteiger partial charge >= 0.3 is 0 Å². The molecule has 0 aromatic heterocycles. The van der Waals surface area contributed by atoms with Crippen molar-refractivity contribution in [1.82, 2.24) is 0 Å². The van der Waals surface area contributed by atoms with Gasteiger partial charge in [-0.1, -0.05) is 33.8 Å². The van der Waals surface area contributed by atoms with Crippen LogP contribution >= 0.6 is 0 Å². The molecular weight excluding hydrogens is 229 g/mol. The van der Waals surface area contributed by atoms with Gasteiger partial charge in [-0.15, -0.1) is 0 Å². The first-order chi connectivity index (χ1) is 8.68. The van der Waals surface area contributed by atoms with Crippen molar-refractivity contribution in [3.8, 4) is 0 Å². The molecule has 0 aliphatic carbocycles. The molecule has 1 aliphatic heterocycles. The van der Waals surface area contributed by atoms with Crippen LogP contribution in [0.1, 0.15) is 39.2 Å². The van der Waals surface area contributed by atoms with E-state index in [2.05, 4.69) is 13.8 Å². The third-order valence-corrected chi connectivity index (χ3v) is 2.99. The van der Waals surface area contributed by atoms with E-state index in [1.54, 1.807) is 6.07 Å². The molecule has 0 atom stereocenters. The van der Waals surface area contributed by atoms with Gasteiger partial charge in [0.25, 0.3) is 0 Å². The second kappa shape index (κ2) is 7.37. The minimum absolute atomic E-state index is 0.117. The van der Waals surface area contributed by atoms with E-state index in [0.717, 1.165) is 18.7 Å². The van der Waals surface area contributed by atoms with Crippen LogP contribution in [0.4, 0.5) is 10.1 Å². The quantitative estimate of drug-likeness (QED) is 0.794. The zero-order valence-corrected chi connectivity index (χ0v) is 11.9. The van der Waals surface area contributed by atoms with Crippen LogP contribution in [0.5, 0.6) is 0 Å². The summed E-state index contributed by atoms with van der Waals surface area (Å²) in [4.78, 5) is 2.04. The molecule has 0 bridgehead atoms. The number of nitrogens with zero attached hydrogens (tertiary/aromatic N) is 1. The van der Waals surface area contributed by atoms with Crippen molar-refractivity contribution >= 4 is 5.69 Å². The van der Waals surface area contributed by atoms with Crippen molar-refractivity contribution < 1.29 is 9.13 Å². The van der Waals surface area contributed by atoms with Gasteiger partial charge in [-0.3, -0.25) is 0 Å². The monoisotopic (exact) mass is 253 g/mol. The van der Waals surface area contributed by atoms with Crippen LogP contribution in [-0.4, -0.2) is 26.3 Å². The molecule has 1 fully saturated rings.